The van der Waals surface area contributed by atoms with E-state index in [0.717, 1.165) is 18.5 Å². The van der Waals surface area contributed by atoms with Crippen molar-refractivity contribution in [3.63, 3.8) is 0 Å². The first-order valence-corrected chi connectivity index (χ1v) is 12.2. The molecule has 7 nitrogen and oxygen atoms in total. The molecule has 8 heteroatoms. The molecule has 1 saturated carbocycles. The molecule has 2 aromatic rings. The molecule has 1 aliphatic heterocycles. The Kier molecular flexibility index (Phi) is 6.38. The molecule has 31 heavy (non-hydrogen) atoms. The van der Waals surface area contributed by atoms with Crippen LogP contribution in [0.4, 0.5) is 5.69 Å². The van der Waals surface area contributed by atoms with Crippen LogP contribution in [0.5, 0.6) is 0 Å². The number of hydrogen-bond acceptors (Lipinski definition) is 4. The third-order valence-corrected chi connectivity index (χ3v) is 7.27. The molecule has 0 atom stereocenters. The summed E-state index contributed by atoms with van der Waals surface area (Å²) in [6.45, 7) is 1.37. The molecule has 2 N–H and O–H groups in total. The van der Waals surface area contributed by atoms with Gasteiger partial charge in [-0.05, 0) is 61.9 Å². The van der Waals surface area contributed by atoms with Crippen LogP contribution >= 0.6 is 0 Å². The van der Waals surface area contributed by atoms with Crippen LogP contribution in [0, 0.1) is 11.8 Å². The molecule has 4 rings (SSSR count). The maximum Gasteiger partial charge on any atom is 0.253 e. The van der Waals surface area contributed by atoms with Crippen molar-refractivity contribution in [3.05, 3.63) is 60.2 Å². The van der Waals surface area contributed by atoms with Crippen LogP contribution < -0.4 is 10.0 Å². The first kappa shape index (κ1) is 21.5. The van der Waals surface area contributed by atoms with E-state index in [9.17, 15) is 18.0 Å². The van der Waals surface area contributed by atoms with Crippen molar-refractivity contribution in [1.29, 1.82) is 0 Å². The van der Waals surface area contributed by atoms with Gasteiger partial charge in [-0.1, -0.05) is 24.3 Å². The van der Waals surface area contributed by atoms with Gasteiger partial charge in [-0.15, -0.1) is 0 Å². The number of para-hydroxylation sites is 1. The van der Waals surface area contributed by atoms with E-state index in [1.165, 1.54) is 12.1 Å². The zero-order valence-corrected chi connectivity index (χ0v) is 18.1. The van der Waals surface area contributed by atoms with Gasteiger partial charge >= 0.3 is 0 Å². The first-order chi connectivity index (χ1) is 14.9. The average Bonchev–Trinajstić information content (AvgIpc) is 3.63. The van der Waals surface area contributed by atoms with Gasteiger partial charge in [0.25, 0.3) is 5.91 Å². The van der Waals surface area contributed by atoms with Crippen LogP contribution in [-0.2, 0) is 14.8 Å². The van der Waals surface area contributed by atoms with Gasteiger partial charge in [0.2, 0.25) is 15.9 Å². The van der Waals surface area contributed by atoms with Gasteiger partial charge in [-0.2, -0.15) is 0 Å². The Morgan fingerprint density at radius 3 is 2.32 bits per heavy atom. The van der Waals surface area contributed by atoms with Crippen molar-refractivity contribution in [2.24, 2.45) is 11.8 Å². The first-order valence-electron chi connectivity index (χ1n) is 10.7. The second-order valence-corrected chi connectivity index (χ2v) is 10.0. The molecule has 1 aliphatic carbocycles. The van der Waals surface area contributed by atoms with E-state index in [2.05, 4.69) is 10.0 Å². The number of likely N-dealkylation sites (tertiary alicyclic amines) is 1. The number of hydrogen-bond donors (Lipinski definition) is 2. The van der Waals surface area contributed by atoms with E-state index in [1.807, 2.05) is 30.3 Å². The van der Waals surface area contributed by atoms with E-state index in [0.29, 0.717) is 44.0 Å². The van der Waals surface area contributed by atoms with Gasteiger partial charge in [0, 0.05) is 36.8 Å². The maximum absolute atomic E-state index is 12.9. The molecule has 0 radical (unpaired) electrons. The fourth-order valence-electron chi connectivity index (χ4n) is 3.72. The van der Waals surface area contributed by atoms with Crippen molar-refractivity contribution in [3.8, 4) is 0 Å². The molecule has 2 fully saturated rings. The predicted octanol–water partition coefficient (Wildman–Crippen LogP) is 2.87. The molecular formula is C23H27N3O4S. The Balaban J connectivity index is 1.34. The van der Waals surface area contributed by atoms with E-state index in [1.54, 1.807) is 17.0 Å². The Hall–Kier alpha value is -2.71. The molecule has 164 valence electrons. The topological polar surface area (TPSA) is 95.6 Å². The highest BCUT2D eigenvalue weighted by Gasteiger charge is 2.29. The van der Waals surface area contributed by atoms with Crippen molar-refractivity contribution in [2.75, 3.05) is 25.0 Å². The second kappa shape index (κ2) is 9.20. The number of sulfonamides is 1. The Morgan fingerprint density at radius 1 is 0.935 bits per heavy atom. The van der Waals surface area contributed by atoms with Gasteiger partial charge in [0.05, 0.1) is 4.90 Å². The van der Waals surface area contributed by atoms with E-state index >= 15 is 0 Å². The summed E-state index contributed by atoms with van der Waals surface area (Å²) < 4.78 is 27.6. The monoisotopic (exact) mass is 441 g/mol. The molecule has 2 aromatic carbocycles. The van der Waals surface area contributed by atoms with Crippen molar-refractivity contribution >= 4 is 27.5 Å². The number of amides is 2. The molecule has 1 saturated heterocycles. The minimum absolute atomic E-state index is 0.0341. The third-order valence-electron chi connectivity index (χ3n) is 5.84. The van der Waals surface area contributed by atoms with Crippen LogP contribution in [0.3, 0.4) is 0 Å². The Morgan fingerprint density at radius 2 is 1.65 bits per heavy atom. The molecule has 0 aromatic heterocycles. The number of benzene rings is 2. The average molecular weight is 442 g/mol. The Bertz CT molecular complexity index is 1040. The normalized spacial score (nSPS) is 17.4. The van der Waals surface area contributed by atoms with Crippen molar-refractivity contribution < 1.29 is 18.0 Å². The summed E-state index contributed by atoms with van der Waals surface area (Å²) in [4.78, 5) is 27.2. The predicted molar refractivity (Wildman–Crippen MR) is 118 cm³/mol. The number of rotatable bonds is 7. The lowest BCUT2D eigenvalue weighted by atomic mass is 9.95. The van der Waals surface area contributed by atoms with Gasteiger partial charge in [0.15, 0.2) is 0 Å². The molecule has 2 aliphatic rings. The van der Waals surface area contributed by atoms with E-state index in [-0.39, 0.29) is 22.6 Å². The van der Waals surface area contributed by atoms with Gasteiger partial charge in [-0.25, -0.2) is 13.1 Å². The quantitative estimate of drug-likeness (QED) is 0.691. The highest BCUT2D eigenvalue weighted by atomic mass is 32.2. The van der Waals surface area contributed by atoms with E-state index < -0.39 is 10.0 Å². The smallest absolute Gasteiger partial charge is 0.253 e. The zero-order valence-electron chi connectivity index (χ0n) is 17.3. The molecule has 0 bridgehead atoms. The lowest BCUT2D eigenvalue weighted by Crippen LogP contribution is -2.41. The molecule has 0 spiro atoms. The minimum Gasteiger partial charge on any atom is -0.339 e. The molecule has 2 amide bonds. The van der Waals surface area contributed by atoms with E-state index in [4.69, 9.17) is 0 Å². The fraction of sp³-hybridized carbons (Fsp3) is 0.391. The molecule has 1 heterocycles. The highest BCUT2D eigenvalue weighted by Crippen LogP contribution is 2.28. The van der Waals surface area contributed by atoms with Crippen molar-refractivity contribution in [1.82, 2.24) is 9.62 Å². The largest absolute Gasteiger partial charge is 0.339 e. The summed E-state index contributed by atoms with van der Waals surface area (Å²) in [7, 11) is -3.63. The standard InChI is InChI=1S/C23H27N3O4S/c27-22(25-20-6-2-1-3-7-20)18-11-13-26(14-12-18)23(28)19-5-4-8-21(15-19)31(29,30)24-16-17-9-10-17/h1-8,15,17-18,24H,9-14,16H2,(H,25,27). The number of anilines is 1. The minimum atomic E-state index is -3.63. The van der Waals surface area contributed by atoms with Crippen LogP contribution in [0.15, 0.2) is 59.5 Å². The number of nitrogens with one attached hydrogen (secondary N) is 2. The second-order valence-electron chi connectivity index (χ2n) is 8.24. The summed E-state index contributed by atoms with van der Waals surface area (Å²) in [6.07, 6.45) is 3.26. The summed E-state index contributed by atoms with van der Waals surface area (Å²) >= 11 is 0. The van der Waals surface area contributed by atoms with Crippen LogP contribution in [0.1, 0.15) is 36.0 Å². The van der Waals surface area contributed by atoms with Crippen LogP contribution in [0.2, 0.25) is 0 Å². The maximum atomic E-state index is 12.9. The van der Waals surface area contributed by atoms with Gasteiger partial charge in [0.1, 0.15) is 0 Å². The third kappa shape index (κ3) is 5.51. The SMILES string of the molecule is O=C(Nc1ccccc1)C1CCN(C(=O)c2cccc(S(=O)(=O)NCC3CC3)c2)CC1. The summed E-state index contributed by atoms with van der Waals surface area (Å²) in [6, 6.07) is 15.5. The number of piperidine rings is 1. The highest BCUT2D eigenvalue weighted by molar-refractivity contribution is 7.89. The fourth-order valence-corrected chi connectivity index (χ4v) is 4.88. The Labute approximate surface area is 182 Å². The number of carbonyl (C=O) groups excluding carboxylic acids is 2. The number of carbonyl (C=O) groups is 2. The summed E-state index contributed by atoms with van der Waals surface area (Å²) in [5.41, 5.74) is 1.11. The number of nitrogens with zero attached hydrogens (tertiary/aromatic N) is 1. The zero-order chi connectivity index (χ0) is 21.8. The lowest BCUT2D eigenvalue weighted by Gasteiger charge is -2.31. The van der Waals surface area contributed by atoms with Crippen LogP contribution in [-0.4, -0.2) is 44.8 Å². The molecular weight excluding hydrogens is 414 g/mol. The lowest BCUT2D eigenvalue weighted by molar-refractivity contribution is -0.121. The van der Waals surface area contributed by atoms with Gasteiger partial charge < -0.3 is 10.2 Å². The van der Waals surface area contributed by atoms with Crippen LogP contribution in [0.25, 0.3) is 0 Å². The van der Waals surface area contributed by atoms with Gasteiger partial charge in [-0.3, -0.25) is 9.59 Å². The molecule has 0 unspecified atom stereocenters. The summed E-state index contributed by atoms with van der Waals surface area (Å²) in [5.74, 6) is 0.0388. The summed E-state index contributed by atoms with van der Waals surface area (Å²) in [5, 5.41) is 2.92. The van der Waals surface area contributed by atoms with Crippen molar-refractivity contribution in [2.45, 2.75) is 30.6 Å².